The van der Waals surface area contributed by atoms with Gasteiger partial charge in [-0.15, -0.1) is 0 Å². The first kappa shape index (κ1) is 21.4. The third kappa shape index (κ3) is 3.30. The second kappa shape index (κ2) is 7.97. The highest BCUT2D eigenvalue weighted by Crippen LogP contribution is 2.47. The number of carboxylic acid groups (broad SMARTS) is 1. The molecule has 2 aromatic carbocycles. The van der Waals surface area contributed by atoms with Crippen molar-refractivity contribution in [3.8, 4) is 11.1 Å². The van der Waals surface area contributed by atoms with Crippen LogP contribution in [0, 0.1) is 11.8 Å². The predicted molar refractivity (Wildman–Crippen MR) is 126 cm³/mol. The summed E-state index contributed by atoms with van der Waals surface area (Å²) >= 11 is 0. The second-order valence-electron chi connectivity index (χ2n) is 9.37. The number of carboxylic acids is 1. The highest BCUT2D eigenvalue weighted by molar-refractivity contribution is 6.02. The molecule has 0 radical (unpaired) electrons. The number of fused-ring (bicyclic) bond motifs is 4. The van der Waals surface area contributed by atoms with E-state index in [2.05, 4.69) is 22.5 Å². The summed E-state index contributed by atoms with van der Waals surface area (Å²) in [7, 11) is 1.62. The fourth-order valence-electron chi connectivity index (χ4n) is 5.85. The van der Waals surface area contributed by atoms with Crippen LogP contribution in [0.5, 0.6) is 0 Å². The van der Waals surface area contributed by atoms with Crippen LogP contribution in [0.15, 0.2) is 54.7 Å². The predicted octanol–water partition coefficient (Wildman–Crippen LogP) is 3.33. The summed E-state index contributed by atoms with van der Waals surface area (Å²) in [6, 6.07) is 15.9. The van der Waals surface area contributed by atoms with Gasteiger partial charge in [0.05, 0.1) is 12.1 Å². The maximum absolute atomic E-state index is 13.2. The molecular weight excluding hydrogens is 448 g/mol. The first-order valence-electron chi connectivity index (χ1n) is 11.6. The molecule has 3 unspecified atom stereocenters. The van der Waals surface area contributed by atoms with Crippen LogP contribution in [0.2, 0.25) is 0 Å². The van der Waals surface area contributed by atoms with Crippen LogP contribution in [-0.2, 0) is 16.6 Å². The molecule has 178 valence electrons. The number of rotatable bonds is 5. The molecule has 9 nitrogen and oxygen atoms in total. The summed E-state index contributed by atoms with van der Waals surface area (Å²) in [6.07, 6.45) is 1.41. The number of ether oxygens (including phenoxy) is 1. The smallest absolute Gasteiger partial charge is 0.412 e. The third-order valence-electron chi connectivity index (χ3n) is 7.58. The molecule has 7 rings (SSSR count). The maximum Gasteiger partial charge on any atom is 0.412 e. The molecule has 9 heteroatoms. The van der Waals surface area contributed by atoms with E-state index in [0.29, 0.717) is 13.0 Å². The van der Waals surface area contributed by atoms with Crippen molar-refractivity contribution < 1.29 is 24.2 Å². The molecule has 2 amide bonds. The van der Waals surface area contributed by atoms with E-state index in [1.807, 2.05) is 36.4 Å². The fourth-order valence-corrected chi connectivity index (χ4v) is 5.85. The van der Waals surface area contributed by atoms with Crippen LogP contribution in [-0.4, -0.2) is 57.0 Å². The number of aliphatic carboxylic acids is 1. The van der Waals surface area contributed by atoms with Crippen LogP contribution < -0.4 is 5.32 Å². The molecule has 3 heterocycles. The monoisotopic (exact) mass is 472 g/mol. The molecule has 2 aliphatic carbocycles. The van der Waals surface area contributed by atoms with Gasteiger partial charge >= 0.3 is 12.1 Å². The number of aromatic nitrogens is 2. The molecule has 2 aliphatic heterocycles. The maximum atomic E-state index is 13.2. The second-order valence-corrected chi connectivity index (χ2v) is 9.37. The number of benzene rings is 2. The number of nitrogens with zero attached hydrogens (tertiary/aromatic N) is 3. The molecule has 35 heavy (non-hydrogen) atoms. The van der Waals surface area contributed by atoms with E-state index in [4.69, 9.17) is 4.74 Å². The average Bonchev–Trinajstić information content (AvgIpc) is 3.59. The van der Waals surface area contributed by atoms with Gasteiger partial charge in [0.2, 0.25) is 0 Å². The van der Waals surface area contributed by atoms with Crippen molar-refractivity contribution in [3.05, 3.63) is 71.4 Å². The topological polar surface area (TPSA) is 114 Å². The Bertz CT molecular complexity index is 1320. The first-order valence-corrected chi connectivity index (χ1v) is 11.6. The summed E-state index contributed by atoms with van der Waals surface area (Å²) in [5, 5.41) is 16.2. The number of carbonyl (C=O) groups is 3. The zero-order chi connectivity index (χ0) is 24.3. The van der Waals surface area contributed by atoms with E-state index in [1.54, 1.807) is 11.9 Å². The number of hydrogen-bond donors (Lipinski definition) is 2. The van der Waals surface area contributed by atoms with E-state index >= 15 is 0 Å². The van der Waals surface area contributed by atoms with Gasteiger partial charge in [0.15, 0.2) is 0 Å². The summed E-state index contributed by atoms with van der Waals surface area (Å²) in [4.78, 5) is 39.0. The Kier molecular flexibility index (Phi) is 4.87. The van der Waals surface area contributed by atoms with Gasteiger partial charge in [-0.3, -0.25) is 19.6 Å². The summed E-state index contributed by atoms with van der Waals surface area (Å²) in [5.74, 6) is -1.59. The number of aryl methyl sites for hydroxylation is 1. The molecule has 0 spiro atoms. The number of hydrogen-bond acceptors (Lipinski definition) is 5. The van der Waals surface area contributed by atoms with Crippen LogP contribution in [0.25, 0.3) is 11.1 Å². The SMILES string of the molecule is Cn1ncc(C(=O)N2CC3CC2C3C(=O)O)c1NC(=O)OCC1c2ccccc2-c2ccccc21. The lowest BCUT2D eigenvalue weighted by Crippen LogP contribution is -2.45. The number of nitrogens with one attached hydrogen (secondary N) is 1. The van der Waals surface area contributed by atoms with Crippen molar-refractivity contribution in [2.24, 2.45) is 18.9 Å². The molecule has 3 atom stereocenters. The normalized spacial score (nSPS) is 21.7. The van der Waals surface area contributed by atoms with Gasteiger partial charge in [0.1, 0.15) is 18.0 Å². The van der Waals surface area contributed by atoms with Gasteiger partial charge in [0.25, 0.3) is 5.91 Å². The molecular formula is C26H24N4O5. The van der Waals surface area contributed by atoms with E-state index in [0.717, 1.165) is 22.3 Å². The highest BCUT2D eigenvalue weighted by Gasteiger charge is 2.57. The fraction of sp³-hybridized carbons (Fsp3) is 0.308. The van der Waals surface area contributed by atoms with E-state index in [9.17, 15) is 19.5 Å². The number of anilines is 1. The highest BCUT2D eigenvalue weighted by atomic mass is 16.5. The Balaban J connectivity index is 1.16. The van der Waals surface area contributed by atoms with E-state index in [1.165, 1.54) is 10.9 Å². The van der Waals surface area contributed by atoms with Crippen molar-refractivity contribution in [2.75, 3.05) is 18.5 Å². The lowest BCUT2D eigenvalue weighted by atomic mass is 9.74. The van der Waals surface area contributed by atoms with Gasteiger partial charge in [-0.2, -0.15) is 5.10 Å². The van der Waals surface area contributed by atoms with Crippen LogP contribution in [0.4, 0.5) is 10.6 Å². The zero-order valence-electron chi connectivity index (χ0n) is 19.0. The number of carbonyl (C=O) groups excluding carboxylic acids is 2. The molecule has 2 bridgehead atoms. The van der Waals surface area contributed by atoms with Crippen molar-refractivity contribution in [1.29, 1.82) is 0 Å². The lowest BCUT2D eigenvalue weighted by Gasteiger charge is -2.32. The molecule has 1 saturated carbocycles. The van der Waals surface area contributed by atoms with Gasteiger partial charge < -0.3 is 14.7 Å². The van der Waals surface area contributed by atoms with Crippen molar-refractivity contribution in [2.45, 2.75) is 18.4 Å². The van der Waals surface area contributed by atoms with Crippen LogP contribution in [0.3, 0.4) is 0 Å². The molecule has 3 aromatic rings. The lowest BCUT2D eigenvalue weighted by molar-refractivity contribution is -0.147. The molecule has 2 saturated heterocycles. The molecule has 2 N–H and O–H groups in total. The van der Waals surface area contributed by atoms with Crippen molar-refractivity contribution >= 4 is 23.8 Å². The summed E-state index contributed by atoms with van der Waals surface area (Å²) < 4.78 is 7.02. The minimum absolute atomic E-state index is 0.0170. The third-order valence-corrected chi connectivity index (χ3v) is 7.58. The molecule has 3 fully saturated rings. The van der Waals surface area contributed by atoms with Crippen molar-refractivity contribution in [3.63, 3.8) is 0 Å². The van der Waals surface area contributed by atoms with E-state index in [-0.39, 0.29) is 41.8 Å². The Morgan fingerprint density at radius 2 is 1.74 bits per heavy atom. The largest absolute Gasteiger partial charge is 0.481 e. The molecule has 4 aliphatic rings. The Hall–Kier alpha value is -4.14. The van der Waals surface area contributed by atoms with Gasteiger partial charge in [-0.05, 0) is 34.6 Å². The first-order chi connectivity index (χ1) is 16.9. The minimum atomic E-state index is -0.871. The van der Waals surface area contributed by atoms with E-state index < -0.39 is 18.0 Å². The molecule has 1 aromatic heterocycles. The summed E-state index contributed by atoms with van der Waals surface area (Å²) in [5.41, 5.74) is 4.72. The standard InChI is InChI=1S/C26H24N4O5/c1-29-23(19(11-27-29)24(31)30-12-14-10-21(30)22(14)25(32)33)28-26(34)35-13-20-17-8-4-2-6-15(17)16-7-3-5-9-18(16)20/h2-9,11,14,20-22H,10,12-13H2,1H3,(H,28,34)(H,32,33). The van der Waals surface area contributed by atoms with Crippen molar-refractivity contribution in [1.82, 2.24) is 14.7 Å². The van der Waals surface area contributed by atoms with Gasteiger partial charge in [0, 0.05) is 25.6 Å². The van der Waals surface area contributed by atoms with Crippen LogP contribution >= 0.6 is 0 Å². The zero-order valence-corrected chi connectivity index (χ0v) is 19.0. The Morgan fingerprint density at radius 1 is 1.09 bits per heavy atom. The Labute approximate surface area is 201 Å². The number of amides is 2. The quantitative estimate of drug-likeness (QED) is 0.589. The summed E-state index contributed by atoms with van der Waals surface area (Å²) in [6.45, 7) is 0.552. The Morgan fingerprint density at radius 3 is 2.37 bits per heavy atom. The average molecular weight is 473 g/mol. The van der Waals surface area contributed by atoms with Gasteiger partial charge in [-0.25, -0.2) is 4.79 Å². The van der Waals surface area contributed by atoms with Gasteiger partial charge in [-0.1, -0.05) is 48.5 Å². The minimum Gasteiger partial charge on any atom is -0.481 e. The van der Waals surface area contributed by atoms with Crippen LogP contribution in [0.1, 0.15) is 33.8 Å².